The van der Waals surface area contributed by atoms with Gasteiger partial charge in [0.05, 0.1) is 12.1 Å². The van der Waals surface area contributed by atoms with Crippen LogP contribution < -0.4 is 27.8 Å². The Hall–Kier alpha value is -1.35. The molecule has 8 nitrogen and oxygen atoms in total. The lowest BCUT2D eigenvalue weighted by Gasteiger charge is -2.23. The highest BCUT2D eigenvalue weighted by Crippen LogP contribution is 2.17. The van der Waals surface area contributed by atoms with Gasteiger partial charge in [-0.3, -0.25) is 14.4 Å². The molecule has 29 heavy (non-hydrogen) atoms. The van der Waals surface area contributed by atoms with Crippen LogP contribution in [0.5, 0.6) is 0 Å². The normalized spacial score (nSPS) is 14.2. The summed E-state index contributed by atoms with van der Waals surface area (Å²) in [6.07, 6.45) is 6.93. The molecular weight excluding hydrogens is 370 g/mol. The molecule has 0 aromatic heterocycles. The minimum atomic E-state index is -0.522. The van der Waals surface area contributed by atoms with Gasteiger partial charge in [0.15, 0.2) is 11.6 Å². The number of carbonyl (C=O) groups is 3. The SMILES string of the molecule is CNC(CCCCN)C(=O)CC(CCCCN)C(=O)NC(CCCCN)C(C)=O. The molecule has 0 fully saturated rings. The summed E-state index contributed by atoms with van der Waals surface area (Å²) in [7, 11) is 1.76. The van der Waals surface area contributed by atoms with Gasteiger partial charge in [-0.2, -0.15) is 0 Å². The van der Waals surface area contributed by atoms with Crippen LogP contribution in [-0.4, -0.2) is 56.2 Å². The zero-order valence-corrected chi connectivity index (χ0v) is 18.4. The van der Waals surface area contributed by atoms with Crippen LogP contribution in [0, 0.1) is 5.92 Å². The molecule has 0 aromatic rings. The maximum absolute atomic E-state index is 12.9. The van der Waals surface area contributed by atoms with Crippen LogP contribution in [0.2, 0.25) is 0 Å². The van der Waals surface area contributed by atoms with Gasteiger partial charge in [-0.05, 0) is 78.6 Å². The third-order valence-corrected chi connectivity index (χ3v) is 5.26. The molecule has 170 valence electrons. The molecule has 3 atom stereocenters. The monoisotopic (exact) mass is 413 g/mol. The standard InChI is InChI=1S/C21H43N5O3/c1-16(27)18(10-4-7-13-23)26-21(29)17(9-3-6-12-22)15-20(28)19(25-2)11-5-8-14-24/h17-19,25H,3-15,22-24H2,1-2H3,(H,26,29). The predicted octanol–water partition coefficient (Wildman–Crippen LogP) is 0.611. The van der Waals surface area contributed by atoms with Gasteiger partial charge in [-0.1, -0.05) is 12.8 Å². The predicted molar refractivity (Wildman–Crippen MR) is 117 cm³/mol. The smallest absolute Gasteiger partial charge is 0.224 e. The van der Waals surface area contributed by atoms with Crippen molar-refractivity contribution >= 4 is 17.5 Å². The van der Waals surface area contributed by atoms with E-state index in [2.05, 4.69) is 10.6 Å². The quantitative estimate of drug-likeness (QED) is 0.194. The molecule has 0 radical (unpaired) electrons. The molecule has 0 bridgehead atoms. The van der Waals surface area contributed by atoms with Gasteiger partial charge in [0, 0.05) is 12.3 Å². The number of rotatable bonds is 19. The van der Waals surface area contributed by atoms with Gasteiger partial charge in [-0.15, -0.1) is 0 Å². The number of nitrogens with two attached hydrogens (primary N) is 3. The van der Waals surface area contributed by atoms with Crippen molar-refractivity contribution in [2.24, 2.45) is 23.1 Å². The zero-order valence-electron chi connectivity index (χ0n) is 18.4. The van der Waals surface area contributed by atoms with Gasteiger partial charge in [0.25, 0.3) is 0 Å². The Morgan fingerprint density at radius 1 is 0.759 bits per heavy atom. The largest absolute Gasteiger partial charge is 0.346 e. The van der Waals surface area contributed by atoms with Crippen molar-refractivity contribution in [3.05, 3.63) is 0 Å². The average Bonchev–Trinajstić information content (AvgIpc) is 2.69. The second-order valence-corrected chi connectivity index (χ2v) is 7.73. The molecule has 0 spiro atoms. The topological polar surface area (TPSA) is 153 Å². The third kappa shape index (κ3) is 12.7. The van der Waals surface area contributed by atoms with Crippen LogP contribution in [0.1, 0.15) is 71.1 Å². The van der Waals surface area contributed by atoms with E-state index in [4.69, 9.17) is 17.2 Å². The van der Waals surface area contributed by atoms with E-state index in [0.717, 1.165) is 38.5 Å². The Morgan fingerprint density at radius 2 is 1.24 bits per heavy atom. The van der Waals surface area contributed by atoms with E-state index >= 15 is 0 Å². The molecule has 0 saturated carbocycles. The van der Waals surface area contributed by atoms with Crippen LogP contribution in [0.15, 0.2) is 0 Å². The molecule has 8 N–H and O–H groups in total. The van der Waals surface area contributed by atoms with Crippen molar-refractivity contribution < 1.29 is 14.4 Å². The van der Waals surface area contributed by atoms with E-state index in [1.165, 1.54) is 6.92 Å². The van der Waals surface area contributed by atoms with Crippen LogP contribution >= 0.6 is 0 Å². The lowest BCUT2D eigenvalue weighted by atomic mass is 9.90. The lowest BCUT2D eigenvalue weighted by Crippen LogP contribution is -2.44. The second kappa shape index (κ2) is 17.5. The van der Waals surface area contributed by atoms with Gasteiger partial charge in [0.1, 0.15) is 0 Å². The van der Waals surface area contributed by atoms with Crippen LogP contribution in [-0.2, 0) is 14.4 Å². The molecule has 1 amide bonds. The highest BCUT2D eigenvalue weighted by atomic mass is 16.2. The Balaban J connectivity index is 4.99. The Kier molecular flexibility index (Phi) is 16.7. The second-order valence-electron chi connectivity index (χ2n) is 7.73. The third-order valence-electron chi connectivity index (χ3n) is 5.26. The summed E-state index contributed by atoms with van der Waals surface area (Å²) in [6.45, 7) is 3.20. The maximum atomic E-state index is 12.9. The fraction of sp³-hybridized carbons (Fsp3) is 0.857. The first-order chi connectivity index (χ1) is 13.9. The van der Waals surface area contributed by atoms with Crippen LogP contribution in [0.4, 0.5) is 0 Å². The number of nitrogens with one attached hydrogen (secondary N) is 2. The summed E-state index contributed by atoms with van der Waals surface area (Å²) in [5, 5.41) is 5.92. The number of carbonyl (C=O) groups excluding carboxylic acids is 3. The van der Waals surface area contributed by atoms with Crippen LogP contribution in [0.25, 0.3) is 0 Å². The lowest BCUT2D eigenvalue weighted by molar-refractivity contribution is -0.132. The van der Waals surface area contributed by atoms with Crippen molar-refractivity contribution in [3.8, 4) is 0 Å². The van der Waals surface area contributed by atoms with Crippen molar-refractivity contribution in [1.82, 2.24) is 10.6 Å². The van der Waals surface area contributed by atoms with E-state index in [9.17, 15) is 14.4 Å². The van der Waals surface area contributed by atoms with Crippen LogP contribution in [0.3, 0.4) is 0 Å². The highest BCUT2D eigenvalue weighted by Gasteiger charge is 2.27. The Labute approximate surface area is 176 Å². The Morgan fingerprint density at radius 3 is 1.69 bits per heavy atom. The first-order valence-corrected chi connectivity index (χ1v) is 11.0. The van der Waals surface area contributed by atoms with E-state index < -0.39 is 12.0 Å². The molecule has 0 aliphatic heterocycles. The average molecular weight is 414 g/mol. The van der Waals surface area contributed by atoms with Crippen molar-refractivity contribution in [3.63, 3.8) is 0 Å². The molecule has 0 rings (SSSR count). The molecule has 3 unspecified atom stereocenters. The molecular formula is C21H43N5O3. The number of ketones is 2. The molecule has 0 aromatic carbocycles. The van der Waals surface area contributed by atoms with Gasteiger partial charge in [0.2, 0.25) is 5.91 Å². The molecule has 0 aliphatic carbocycles. The van der Waals surface area contributed by atoms with E-state index in [0.29, 0.717) is 38.9 Å². The van der Waals surface area contributed by atoms with Crippen molar-refractivity contribution in [2.75, 3.05) is 26.7 Å². The first-order valence-electron chi connectivity index (χ1n) is 11.0. The zero-order chi connectivity index (χ0) is 22.1. The van der Waals surface area contributed by atoms with E-state index in [1.807, 2.05) is 0 Å². The summed E-state index contributed by atoms with van der Waals surface area (Å²) in [4.78, 5) is 37.6. The molecule has 0 saturated heterocycles. The Bertz CT molecular complexity index is 473. The van der Waals surface area contributed by atoms with Gasteiger partial charge in [-0.25, -0.2) is 0 Å². The number of hydrogen-bond acceptors (Lipinski definition) is 7. The van der Waals surface area contributed by atoms with Crippen molar-refractivity contribution in [2.45, 2.75) is 83.2 Å². The molecule has 0 heterocycles. The minimum absolute atomic E-state index is 0.0277. The minimum Gasteiger partial charge on any atom is -0.346 e. The molecule has 8 heteroatoms. The van der Waals surface area contributed by atoms with E-state index in [-0.39, 0.29) is 29.9 Å². The summed E-state index contributed by atoms with van der Waals surface area (Å²) in [6, 6.07) is -0.801. The number of amides is 1. The number of unbranched alkanes of at least 4 members (excludes halogenated alkanes) is 3. The van der Waals surface area contributed by atoms with E-state index in [1.54, 1.807) is 7.05 Å². The fourth-order valence-electron chi connectivity index (χ4n) is 3.36. The molecule has 0 aliphatic rings. The van der Waals surface area contributed by atoms with Gasteiger partial charge < -0.3 is 27.8 Å². The van der Waals surface area contributed by atoms with Crippen molar-refractivity contribution in [1.29, 1.82) is 0 Å². The fourth-order valence-corrected chi connectivity index (χ4v) is 3.36. The maximum Gasteiger partial charge on any atom is 0.224 e. The van der Waals surface area contributed by atoms with Gasteiger partial charge >= 0.3 is 0 Å². The summed E-state index contributed by atoms with van der Waals surface area (Å²) < 4.78 is 0. The highest BCUT2D eigenvalue weighted by molar-refractivity contribution is 5.92. The summed E-state index contributed by atoms with van der Waals surface area (Å²) in [5.41, 5.74) is 16.6. The first kappa shape index (κ1) is 27.6. The summed E-state index contributed by atoms with van der Waals surface area (Å²) >= 11 is 0. The number of likely N-dealkylation sites (N-methyl/N-ethyl adjacent to an activating group) is 1. The number of hydrogen-bond donors (Lipinski definition) is 5. The number of Topliss-reactive ketones (excluding diaryl/α,β-unsaturated/α-hetero) is 2. The summed E-state index contributed by atoms with van der Waals surface area (Å²) in [5.74, 6) is -0.715.